The van der Waals surface area contributed by atoms with E-state index in [0.29, 0.717) is 18.3 Å². The number of nitrogens with two attached hydrogens (primary N) is 1. The van der Waals surface area contributed by atoms with Crippen LogP contribution in [0.4, 0.5) is 0 Å². The fourth-order valence-corrected chi connectivity index (χ4v) is 2.93. The van der Waals surface area contributed by atoms with Gasteiger partial charge in [-0.25, -0.2) is 0 Å². The van der Waals surface area contributed by atoms with E-state index in [1.165, 1.54) is 12.6 Å². The number of hydrogen-bond acceptors (Lipinski definition) is 4. The van der Waals surface area contributed by atoms with E-state index in [2.05, 4.69) is 12.7 Å². The van der Waals surface area contributed by atoms with Crippen LogP contribution in [0.2, 0.25) is 0 Å². The monoisotopic (exact) mass is 355 g/mol. The number of allylic oxidation sites excluding steroid dienone is 4. The quantitative estimate of drug-likeness (QED) is 0.801. The van der Waals surface area contributed by atoms with E-state index in [1.807, 2.05) is 36.4 Å². The van der Waals surface area contributed by atoms with Gasteiger partial charge in [-0.05, 0) is 55.9 Å². The molecule has 0 radical (unpaired) electrons. The molecule has 0 aliphatic heterocycles. The number of carbonyl (C=O) groups is 1. The second-order valence-electron chi connectivity index (χ2n) is 6.46. The topological polar surface area (TPSA) is 61.6 Å². The first-order valence-electron chi connectivity index (χ1n) is 9.15. The lowest BCUT2D eigenvalue weighted by Gasteiger charge is -2.20. The molecular formula is C22H29NO3. The van der Waals surface area contributed by atoms with Crippen LogP contribution >= 0.6 is 0 Å². The van der Waals surface area contributed by atoms with Gasteiger partial charge in [0, 0.05) is 5.57 Å². The molecule has 2 aliphatic rings. The zero-order chi connectivity index (χ0) is 18.9. The van der Waals surface area contributed by atoms with Gasteiger partial charge in [0.1, 0.15) is 12.4 Å². The maximum atomic E-state index is 12.7. The molecule has 1 fully saturated rings. The molecule has 1 aromatic rings. The summed E-state index contributed by atoms with van der Waals surface area (Å²) in [4.78, 5) is 12.7. The number of ether oxygens (including phenoxy) is 2. The average Bonchev–Trinajstić information content (AvgIpc) is 3.51. The molecule has 0 aromatic heterocycles. The van der Waals surface area contributed by atoms with Crippen molar-refractivity contribution in [3.8, 4) is 0 Å². The van der Waals surface area contributed by atoms with Gasteiger partial charge in [0.05, 0.1) is 7.11 Å². The molecule has 1 aromatic carbocycles. The van der Waals surface area contributed by atoms with Crippen LogP contribution in [-0.2, 0) is 20.9 Å². The van der Waals surface area contributed by atoms with Crippen molar-refractivity contribution in [1.82, 2.24) is 0 Å². The molecule has 4 nitrogen and oxygen atoms in total. The Balaban J connectivity index is 0.00000117. The number of carbonyl (C=O) groups excluding carboxylic acids is 1. The zero-order valence-electron chi connectivity index (χ0n) is 16.0. The van der Waals surface area contributed by atoms with Crippen molar-refractivity contribution in [1.29, 1.82) is 0 Å². The minimum absolute atomic E-state index is 0.0664. The van der Waals surface area contributed by atoms with Crippen LogP contribution in [0.25, 0.3) is 0 Å². The van der Waals surface area contributed by atoms with Gasteiger partial charge in [-0.1, -0.05) is 43.3 Å². The number of methoxy groups -OCH3 is 1. The number of benzene rings is 1. The molecule has 0 amide bonds. The fourth-order valence-electron chi connectivity index (χ4n) is 2.93. The highest BCUT2D eigenvalue weighted by molar-refractivity contribution is 6.03. The zero-order valence-corrected chi connectivity index (χ0v) is 16.0. The van der Waals surface area contributed by atoms with Crippen LogP contribution in [0.5, 0.6) is 0 Å². The predicted octanol–water partition coefficient (Wildman–Crippen LogP) is 4.28. The number of rotatable bonds is 5. The van der Waals surface area contributed by atoms with Crippen molar-refractivity contribution < 1.29 is 14.3 Å². The summed E-state index contributed by atoms with van der Waals surface area (Å²) in [5, 5.41) is 0. The van der Waals surface area contributed by atoms with Gasteiger partial charge in [0.25, 0.3) is 0 Å². The van der Waals surface area contributed by atoms with Gasteiger partial charge in [-0.15, -0.1) is 0 Å². The molecule has 0 bridgehead atoms. The molecule has 0 unspecified atom stereocenters. The summed E-state index contributed by atoms with van der Waals surface area (Å²) in [7, 11) is 3.19. The molecule has 0 spiro atoms. The Kier molecular flexibility index (Phi) is 7.67. The van der Waals surface area contributed by atoms with Crippen molar-refractivity contribution in [2.75, 3.05) is 14.2 Å². The second-order valence-corrected chi connectivity index (χ2v) is 6.46. The third kappa shape index (κ3) is 5.33. The van der Waals surface area contributed by atoms with Crippen molar-refractivity contribution >= 4 is 5.78 Å². The van der Waals surface area contributed by atoms with Crippen molar-refractivity contribution in [2.24, 2.45) is 11.7 Å². The van der Waals surface area contributed by atoms with Crippen LogP contribution in [-0.4, -0.2) is 19.9 Å². The molecule has 0 heterocycles. The maximum absolute atomic E-state index is 12.7. The first-order valence-corrected chi connectivity index (χ1v) is 9.15. The fraction of sp³-hybridized carbons (Fsp3) is 0.409. The predicted molar refractivity (Wildman–Crippen MR) is 104 cm³/mol. The van der Waals surface area contributed by atoms with Crippen molar-refractivity contribution in [2.45, 2.75) is 39.2 Å². The molecule has 4 heteroatoms. The molecule has 140 valence electrons. The Labute approximate surface area is 156 Å². The van der Waals surface area contributed by atoms with Crippen LogP contribution < -0.4 is 5.73 Å². The minimum atomic E-state index is -0.0664. The van der Waals surface area contributed by atoms with E-state index >= 15 is 0 Å². The molecule has 1 saturated carbocycles. The molecular weight excluding hydrogens is 326 g/mol. The van der Waals surface area contributed by atoms with Gasteiger partial charge >= 0.3 is 0 Å². The Morgan fingerprint density at radius 3 is 2.46 bits per heavy atom. The summed E-state index contributed by atoms with van der Waals surface area (Å²) < 4.78 is 11.6. The summed E-state index contributed by atoms with van der Waals surface area (Å²) in [5.74, 6) is 1.62. The maximum Gasteiger partial charge on any atom is 0.220 e. The van der Waals surface area contributed by atoms with Crippen LogP contribution in [0.15, 0.2) is 65.1 Å². The first kappa shape index (κ1) is 20.0. The van der Waals surface area contributed by atoms with Gasteiger partial charge in [0.15, 0.2) is 5.76 Å². The SMILES string of the molecule is CN.COC(=C1CC1)/C1=C(\OCc2ccccc2)C(=O)/C=C\[C@H](C)CC1. The third-order valence-electron chi connectivity index (χ3n) is 4.45. The van der Waals surface area contributed by atoms with Gasteiger partial charge < -0.3 is 15.2 Å². The summed E-state index contributed by atoms with van der Waals surface area (Å²) in [6.07, 6.45) is 7.51. The summed E-state index contributed by atoms with van der Waals surface area (Å²) in [5.41, 5.74) is 7.77. The summed E-state index contributed by atoms with van der Waals surface area (Å²) in [6.45, 7) is 2.52. The van der Waals surface area contributed by atoms with E-state index in [0.717, 1.165) is 42.6 Å². The standard InChI is InChI=1S/C21H24O3.CH5N/c1-15-8-12-18(20(23-2)17-10-11-17)21(19(22)13-9-15)24-14-16-6-4-3-5-7-16;1-2/h3-7,9,13,15H,8,10-12,14H2,1-2H3;2H2,1H3/b13-9-,21-18-;/t15-;/m1./s1. The Morgan fingerprint density at radius 2 is 1.85 bits per heavy atom. The smallest absolute Gasteiger partial charge is 0.220 e. The third-order valence-corrected chi connectivity index (χ3v) is 4.45. The van der Waals surface area contributed by atoms with Crippen LogP contribution in [0.3, 0.4) is 0 Å². The highest BCUT2D eigenvalue weighted by Gasteiger charge is 2.27. The lowest BCUT2D eigenvalue weighted by atomic mass is 9.94. The van der Waals surface area contributed by atoms with Crippen molar-refractivity contribution in [3.63, 3.8) is 0 Å². The van der Waals surface area contributed by atoms with Crippen molar-refractivity contribution in [3.05, 3.63) is 70.7 Å². The first-order chi connectivity index (χ1) is 12.7. The highest BCUT2D eigenvalue weighted by Crippen LogP contribution is 2.38. The second kappa shape index (κ2) is 9.97. The lowest BCUT2D eigenvalue weighted by Crippen LogP contribution is -2.13. The Morgan fingerprint density at radius 1 is 1.15 bits per heavy atom. The van der Waals surface area contributed by atoms with E-state index in [9.17, 15) is 4.79 Å². The number of hydrogen-bond donors (Lipinski definition) is 1. The molecule has 1 atom stereocenters. The average molecular weight is 355 g/mol. The Bertz CT molecular complexity index is 695. The molecule has 2 aliphatic carbocycles. The highest BCUT2D eigenvalue weighted by atomic mass is 16.5. The largest absolute Gasteiger partial charge is 0.496 e. The number of ketones is 1. The van der Waals surface area contributed by atoms with Crippen LogP contribution in [0.1, 0.15) is 38.2 Å². The van der Waals surface area contributed by atoms with Gasteiger partial charge in [-0.3, -0.25) is 4.79 Å². The van der Waals surface area contributed by atoms with E-state index in [4.69, 9.17) is 9.47 Å². The van der Waals surface area contributed by atoms with E-state index in [-0.39, 0.29) is 5.78 Å². The normalized spacial score (nSPS) is 23.2. The Hall–Kier alpha value is -2.33. The molecule has 0 saturated heterocycles. The van der Waals surface area contributed by atoms with E-state index < -0.39 is 0 Å². The lowest BCUT2D eigenvalue weighted by molar-refractivity contribution is -0.115. The molecule has 3 rings (SSSR count). The minimum Gasteiger partial charge on any atom is -0.496 e. The van der Waals surface area contributed by atoms with Crippen LogP contribution in [0, 0.1) is 5.92 Å². The molecule has 2 N–H and O–H groups in total. The summed E-state index contributed by atoms with van der Waals surface area (Å²) in [6, 6.07) is 9.93. The molecule has 26 heavy (non-hydrogen) atoms. The summed E-state index contributed by atoms with van der Waals surface area (Å²) >= 11 is 0. The van der Waals surface area contributed by atoms with Gasteiger partial charge in [-0.2, -0.15) is 0 Å². The van der Waals surface area contributed by atoms with E-state index in [1.54, 1.807) is 13.2 Å². The van der Waals surface area contributed by atoms with Gasteiger partial charge in [0.2, 0.25) is 5.78 Å².